The van der Waals surface area contributed by atoms with Gasteiger partial charge in [0.2, 0.25) is 17.7 Å². The predicted molar refractivity (Wildman–Crippen MR) is 115 cm³/mol. The molecule has 1 unspecified atom stereocenters. The molecule has 0 bridgehead atoms. The Morgan fingerprint density at radius 2 is 1.70 bits per heavy atom. The van der Waals surface area contributed by atoms with Gasteiger partial charge in [-0.3, -0.25) is 19.2 Å². The van der Waals surface area contributed by atoms with Gasteiger partial charge in [0.1, 0.15) is 24.4 Å². The molecule has 0 spiro atoms. The Morgan fingerprint density at radius 1 is 1.03 bits per heavy atom. The van der Waals surface area contributed by atoms with E-state index in [1.54, 1.807) is 12.1 Å². The number of imidazole rings is 1. The highest BCUT2D eigenvalue weighted by atomic mass is 16.4. The third-order valence-electron chi connectivity index (χ3n) is 4.53. The summed E-state index contributed by atoms with van der Waals surface area (Å²) in [6.45, 7) is 0.804. The van der Waals surface area contributed by atoms with Gasteiger partial charge in [0.05, 0.1) is 18.9 Å². The minimum absolute atomic E-state index is 0.00470. The van der Waals surface area contributed by atoms with Gasteiger partial charge in [-0.05, 0) is 24.6 Å². The molecule has 0 fully saturated rings. The number of benzene rings is 1. The standard InChI is InChI=1S/C21H27N5O7/c1-12(27)6-18(29)25-16(7-13-2-4-15(28)5-3-13)21(33)26-17(8-14-9-22-11-24-14)20(32)23-10-19(30)31/h2-5,9,11-12,16-17,27-28H,6-8,10H2,1H3,(H,22,24)(H,23,32)(H,25,29)(H,26,33)(H,30,31)/t12?,16-,17-/m0/s1. The second-order valence-electron chi connectivity index (χ2n) is 7.50. The van der Waals surface area contributed by atoms with Crippen molar-refractivity contribution in [1.82, 2.24) is 25.9 Å². The molecule has 3 atom stereocenters. The number of aromatic hydroxyl groups is 1. The first-order valence-corrected chi connectivity index (χ1v) is 10.2. The number of aliphatic hydroxyl groups excluding tert-OH is 1. The van der Waals surface area contributed by atoms with Crippen LogP contribution in [0.3, 0.4) is 0 Å². The average molecular weight is 461 g/mol. The maximum atomic E-state index is 13.1. The van der Waals surface area contributed by atoms with Crippen LogP contribution in [0.4, 0.5) is 0 Å². The minimum Gasteiger partial charge on any atom is -0.508 e. The van der Waals surface area contributed by atoms with Crippen molar-refractivity contribution in [2.24, 2.45) is 0 Å². The van der Waals surface area contributed by atoms with Gasteiger partial charge in [-0.15, -0.1) is 0 Å². The van der Waals surface area contributed by atoms with E-state index < -0.39 is 48.4 Å². The maximum Gasteiger partial charge on any atom is 0.322 e. The first-order valence-electron chi connectivity index (χ1n) is 10.2. The molecule has 0 aliphatic carbocycles. The largest absolute Gasteiger partial charge is 0.508 e. The van der Waals surface area contributed by atoms with E-state index in [0.717, 1.165) is 0 Å². The monoisotopic (exact) mass is 461 g/mol. The summed E-state index contributed by atoms with van der Waals surface area (Å²) in [6, 6.07) is 3.78. The molecule has 12 heteroatoms. The summed E-state index contributed by atoms with van der Waals surface area (Å²) in [5.41, 5.74) is 1.16. The number of carboxylic acids is 1. The van der Waals surface area contributed by atoms with Crippen molar-refractivity contribution >= 4 is 23.7 Å². The highest BCUT2D eigenvalue weighted by Gasteiger charge is 2.28. The number of aliphatic hydroxyl groups is 1. The Labute approximate surface area is 189 Å². The van der Waals surface area contributed by atoms with Crippen LogP contribution in [0, 0.1) is 0 Å². The zero-order valence-corrected chi connectivity index (χ0v) is 17.9. The molecule has 2 rings (SSSR count). The van der Waals surface area contributed by atoms with Gasteiger partial charge in [-0.2, -0.15) is 0 Å². The highest BCUT2D eigenvalue weighted by molar-refractivity contribution is 5.93. The second-order valence-corrected chi connectivity index (χ2v) is 7.50. The first kappa shape index (κ1) is 25.3. The number of amides is 3. The number of rotatable bonds is 12. The summed E-state index contributed by atoms with van der Waals surface area (Å²) < 4.78 is 0. The summed E-state index contributed by atoms with van der Waals surface area (Å²) in [4.78, 5) is 55.3. The molecule has 12 nitrogen and oxygen atoms in total. The van der Waals surface area contributed by atoms with Gasteiger partial charge in [0.25, 0.3) is 0 Å². The normalized spacial score (nSPS) is 13.4. The fourth-order valence-electron chi connectivity index (χ4n) is 2.98. The summed E-state index contributed by atoms with van der Waals surface area (Å²) in [5, 5.41) is 35.1. The number of carboxylic acid groups (broad SMARTS) is 1. The smallest absolute Gasteiger partial charge is 0.322 e. The second kappa shape index (κ2) is 12.2. The van der Waals surface area contributed by atoms with Crippen LogP contribution < -0.4 is 16.0 Å². The Hall–Kier alpha value is -3.93. The lowest BCUT2D eigenvalue weighted by molar-refractivity contribution is -0.138. The molecule has 0 aliphatic rings. The summed E-state index contributed by atoms with van der Waals surface area (Å²) in [5.74, 6) is -3.18. The third-order valence-corrected chi connectivity index (χ3v) is 4.53. The summed E-state index contributed by atoms with van der Waals surface area (Å²) in [7, 11) is 0. The van der Waals surface area contributed by atoms with Crippen LogP contribution in [0.1, 0.15) is 24.6 Å². The lowest BCUT2D eigenvalue weighted by atomic mass is 10.0. The van der Waals surface area contributed by atoms with E-state index in [2.05, 4.69) is 25.9 Å². The Bertz CT molecular complexity index is 944. The Morgan fingerprint density at radius 3 is 2.27 bits per heavy atom. The van der Waals surface area contributed by atoms with Crippen molar-refractivity contribution in [3.63, 3.8) is 0 Å². The van der Waals surface area contributed by atoms with Crippen LogP contribution in [-0.4, -0.2) is 73.7 Å². The number of hydrogen-bond acceptors (Lipinski definition) is 7. The fourth-order valence-corrected chi connectivity index (χ4v) is 2.98. The highest BCUT2D eigenvalue weighted by Crippen LogP contribution is 2.12. The van der Waals surface area contributed by atoms with Crippen molar-refractivity contribution in [2.75, 3.05) is 6.54 Å². The number of H-pyrrole nitrogens is 1. The molecule has 0 saturated carbocycles. The number of nitrogens with one attached hydrogen (secondary N) is 4. The lowest BCUT2D eigenvalue weighted by Crippen LogP contribution is -2.55. The molecular weight excluding hydrogens is 434 g/mol. The topological polar surface area (TPSA) is 194 Å². The maximum absolute atomic E-state index is 13.1. The van der Waals surface area contributed by atoms with Crippen molar-refractivity contribution < 1.29 is 34.5 Å². The number of aromatic amines is 1. The predicted octanol–water partition coefficient (Wildman–Crippen LogP) is -1.16. The van der Waals surface area contributed by atoms with Gasteiger partial charge in [0, 0.05) is 24.7 Å². The molecule has 3 amide bonds. The van der Waals surface area contributed by atoms with Gasteiger partial charge in [-0.25, -0.2) is 4.98 Å². The van der Waals surface area contributed by atoms with E-state index in [1.807, 2.05) is 0 Å². The summed E-state index contributed by atoms with van der Waals surface area (Å²) >= 11 is 0. The SMILES string of the molecule is CC(O)CC(=O)N[C@@H](Cc1ccc(O)cc1)C(=O)N[C@@H](Cc1cnc[nH]1)C(=O)NCC(=O)O. The molecule has 7 N–H and O–H groups in total. The number of carbonyl (C=O) groups excluding carboxylic acids is 3. The molecule has 1 aromatic carbocycles. The number of nitrogens with zero attached hydrogens (tertiary/aromatic N) is 1. The number of phenols is 1. The zero-order chi connectivity index (χ0) is 24.4. The van der Waals surface area contributed by atoms with E-state index in [-0.39, 0.29) is 25.0 Å². The van der Waals surface area contributed by atoms with E-state index in [1.165, 1.54) is 31.6 Å². The van der Waals surface area contributed by atoms with Crippen LogP contribution >= 0.6 is 0 Å². The fraction of sp³-hybridized carbons (Fsp3) is 0.381. The van der Waals surface area contributed by atoms with E-state index in [0.29, 0.717) is 11.3 Å². The number of aliphatic carboxylic acids is 1. The van der Waals surface area contributed by atoms with Crippen molar-refractivity contribution in [3.05, 3.63) is 48.0 Å². The Balaban J connectivity index is 2.19. The van der Waals surface area contributed by atoms with Crippen LogP contribution in [0.5, 0.6) is 5.75 Å². The van der Waals surface area contributed by atoms with Crippen molar-refractivity contribution in [1.29, 1.82) is 0 Å². The number of carbonyl (C=O) groups is 4. The van der Waals surface area contributed by atoms with Crippen molar-refractivity contribution in [2.45, 2.75) is 44.4 Å². The molecular formula is C21H27N5O7. The Kier molecular flexibility index (Phi) is 9.36. The minimum atomic E-state index is -1.24. The van der Waals surface area contributed by atoms with E-state index in [4.69, 9.17) is 5.11 Å². The molecule has 1 aromatic heterocycles. The van der Waals surface area contributed by atoms with E-state index in [9.17, 15) is 29.4 Å². The molecule has 33 heavy (non-hydrogen) atoms. The zero-order valence-electron chi connectivity index (χ0n) is 17.9. The van der Waals surface area contributed by atoms with Gasteiger partial charge >= 0.3 is 5.97 Å². The number of phenolic OH excluding ortho intramolecular Hbond substituents is 1. The van der Waals surface area contributed by atoms with E-state index >= 15 is 0 Å². The molecule has 0 radical (unpaired) electrons. The summed E-state index contributed by atoms with van der Waals surface area (Å²) in [6.07, 6.45) is 1.76. The van der Waals surface area contributed by atoms with Crippen molar-refractivity contribution in [3.8, 4) is 5.75 Å². The molecule has 1 heterocycles. The third kappa shape index (κ3) is 8.99. The first-order chi connectivity index (χ1) is 15.6. The molecule has 0 aliphatic heterocycles. The van der Waals surface area contributed by atoms with Gasteiger partial charge < -0.3 is 36.3 Å². The van der Waals surface area contributed by atoms with Crippen LogP contribution in [0.25, 0.3) is 0 Å². The lowest BCUT2D eigenvalue weighted by Gasteiger charge is -2.23. The molecule has 178 valence electrons. The van der Waals surface area contributed by atoms with Crippen LogP contribution in [-0.2, 0) is 32.0 Å². The van der Waals surface area contributed by atoms with Crippen LogP contribution in [0.15, 0.2) is 36.8 Å². The van der Waals surface area contributed by atoms with Gasteiger partial charge in [-0.1, -0.05) is 12.1 Å². The number of aromatic nitrogens is 2. The van der Waals surface area contributed by atoms with Crippen LogP contribution in [0.2, 0.25) is 0 Å². The number of hydrogen-bond donors (Lipinski definition) is 7. The molecule has 2 aromatic rings. The average Bonchev–Trinajstić information content (AvgIpc) is 3.25. The molecule has 0 saturated heterocycles. The quantitative estimate of drug-likeness (QED) is 0.206. The van der Waals surface area contributed by atoms with Gasteiger partial charge in [0.15, 0.2) is 0 Å².